The minimum atomic E-state index is 0.212. The molecule has 0 spiro atoms. The summed E-state index contributed by atoms with van der Waals surface area (Å²) in [5.41, 5.74) is 1.25. The third-order valence-electron chi connectivity index (χ3n) is 4.84. The average molecular weight is 377 g/mol. The molecule has 0 saturated heterocycles. The number of carbonyl (C=O) groups excluding carboxylic acids is 1. The fourth-order valence-electron chi connectivity index (χ4n) is 3.33. The molecule has 0 aromatic heterocycles. The number of hydrogen-bond acceptors (Lipinski definition) is 3. The molecule has 1 amide bonds. The Balaban J connectivity index is 1.71. The number of nitrogens with zero attached hydrogens (tertiary/aromatic N) is 2. The fraction of sp³-hybridized carbons (Fsp3) is 0.600. The molecule has 5 nitrogen and oxygen atoms in total. The van der Waals surface area contributed by atoms with Crippen LogP contribution in [0.2, 0.25) is 0 Å². The Morgan fingerprint density at radius 2 is 1.81 bits per heavy atom. The van der Waals surface area contributed by atoms with Crippen molar-refractivity contribution in [3.8, 4) is 0 Å². The van der Waals surface area contributed by atoms with E-state index in [4.69, 9.17) is 0 Å². The second kappa shape index (κ2) is 11.1. The van der Waals surface area contributed by atoms with Crippen molar-refractivity contribution >= 4 is 23.6 Å². The second-order valence-electron chi connectivity index (χ2n) is 6.80. The standard InChI is InChI=1S/C20H32N4OS/c1-21-20(24(2)15-16-9-11-18(26-3)12-10-16)23-14-13-22-19(25)17-7-5-4-6-8-17/h9-12,17H,4-8,13-15H2,1-3H3,(H,21,23)(H,22,25). The molecule has 1 aromatic rings. The van der Waals surface area contributed by atoms with Gasteiger partial charge in [-0.05, 0) is 36.8 Å². The Morgan fingerprint density at radius 3 is 2.42 bits per heavy atom. The minimum absolute atomic E-state index is 0.212. The maximum absolute atomic E-state index is 12.2. The van der Waals surface area contributed by atoms with Crippen molar-refractivity contribution in [3.05, 3.63) is 29.8 Å². The monoisotopic (exact) mass is 376 g/mol. The van der Waals surface area contributed by atoms with E-state index in [1.807, 2.05) is 7.05 Å². The quantitative estimate of drug-likeness (QED) is 0.332. The summed E-state index contributed by atoms with van der Waals surface area (Å²) < 4.78 is 0. The molecule has 26 heavy (non-hydrogen) atoms. The summed E-state index contributed by atoms with van der Waals surface area (Å²) in [7, 11) is 3.81. The predicted molar refractivity (Wildman–Crippen MR) is 111 cm³/mol. The summed E-state index contributed by atoms with van der Waals surface area (Å²) in [6.45, 7) is 2.11. The van der Waals surface area contributed by atoms with Gasteiger partial charge >= 0.3 is 0 Å². The van der Waals surface area contributed by atoms with Crippen LogP contribution in [0.25, 0.3) is 0 Å². The van der Waals surface area contributed by atoms with Gasteiger partial charge in [-0.2, -0.15) is 0 Å². The molecule has 1 aliphatic carbocycles. The highest BCUT2D eigenvalue weighted by Crippen LogP contribution is 2.23. The number of hydrogen-bond donors (Lipinski definition) is 2. The van der Waals surface area contributed by atoms with Crippen molar-refractivity contribution in [2.24, 2.45) is 10.9 Å². The van der Waals surface area contributed by atoms with Crippen molar-refractivity contribution < 1.29 is 4.79 Å². The van der Waals surface area contributed by atoms with E-state index in [2.05, 4.69) is 51.0 Å². The number of aliphatic imine (C=N–C) groups is 1. The summed E-state index contributed by atoms with van der Waals surface area (Å²) in [6.07, 6.45) is 7.81. The molecule has 2 rings (SSSR count). The normalized spacial score (nSPS) is 15.6. The number of benzene rings is 1. The van der Waals surface area contributed by atoms with Crippen LogP contribution in [0.15, 0.2) is 34.2 Å². The van der Waals surface area contributed by atoms with Crippen LogP contribution in [-0.4, -0.2) is 50.2 Å². The first kappa shape index (κ1) is 20.6. The third kappa shape index (κ3) is 6.56. The van der Waals surface area contributed by atoms with Crippen molar-refractivity contribution in [1.82, 2.24) is 15.5 Å². The number of nitrogens with one attached hydrogen (secondary N) is 2. The Labute approximate surface area is 162 Å². The zero-order valence-electron chi connectivity index (χ0n) is 16.3. The van der Waals surface area contributed by atoms with Gasteiger partial charge in [-0.1, -0.05) is 31.4 Å². The Morgan fingerprint density at radius 1 is 1.15 bits per heavy atom. The molecule has 0 atom stereocenters. The predicted octanol–water partition coefficient (Wildman–Crippen LogP) is 3.11. The van der Waals surface area contributed by atoms with E-state index in [1.54, 1.807) is 18.8 Å². The highest BCUT2D eigenvalue weighted by Gasteiger charge is 2.20. The topological polar surface area (TPSA) is 56.7 Å². The van der Waals surface area contributed by atoms with Gasteiger partial charge in [0.25, 0.3) is 0 Å². The molecule has 0 bridgehead atoms. The van der Waals surface area contributed by atoms with Gasteiger partial charge in [0, 0.05) is 44.5 Å². The zero-order valence-corrected chi connectivity index (χ0v) is 17.1. The maximum atomic E-state index is 12.2. The summed E-state index contributed by atoms with van der Waals surface area (Å²) in [6, 6.07) is 8.59. The molecule has 2 N–H and O–H groups in total. The molecule has 1 aliphatic rings. The van der Waals surface area contributed by atoms with Crippen LogP contribution < -0.4 is 10.6 Å². The van der Waals surface area contributed by atoms with Crippen LogP contribution >= 0.6 is 11.8 Å². The Bertz CT molecular complexity index is 582. The first-order chi connectivity index (χ1) is 12.6. The van der Waals surface area contributed by atoms with Crippen LogP contribution in [0.1, 0.15) is 37.7 Å². The van der Waals surface area contributed by atoms with Crippen molar-refractivity contribution in [1.29, 1.82) is 0 Å². The zero-order chi connectivity index (χ0) is 18.8. The SMILES string of the molecule is CN=C(NCCNC(=O)C1CCCCC1)N(C)Cc1ccc(SC)cc1. The van der Waals surface area contributed by atoms with E-state index in [1.165, 1.54) is 29.7 Å². The number of guanidine groups is 1. The fourth-order valence-corrected chi connectivity index (χ4v) is 3.74. The van der Waals surface area contributed by atoms with E-state index >= 15 is 0 Å². The number of carbonyl (C=O) groups is 1. The van der Waals surface area contributed by atoms with E-state index < -0.39 is 0 Å². The van der Waals surface area contributed by atoms with Gasteiger partial charge in [-0.3, -0.25) is 9.79 Å². The lowest BCUT2D eigenvalue weighted by molar-refractivity contribution is -0.125. The molecule has 6 heteroatoms. The summed E-state index contributed by atoms with van der Waals surface area (Å²) in [5, 5.41) is 6.38. The van der Waals surface area contributed by atoms with Gasteiger partial charge in [-0.25, -0.2) is 0 Å². The van der Waals surface area contributed by atoms with E-state index in [-0.39, 0.29) is 11.8 Å². The van der Waals surface area contributed by atoms with E-state index in [9.17, 15) is 4.79 Å². The van der Waals surface area contributed by atoms with Gasteiger partial charge in [0.1, 0.15) is 0 Å². The van der Waals surface area contributed by atoms with Crippen molar-refractivity contribution in [3.63, 3.8) is 0 Å². The van der Waals surface area contributed by atoms with E-state index in [0.717, 1.165) is 25.3 Å². The smallest absolute Gasteiger partial charge is 0.223 e. The largest absolute Gasteiger partial charge is 0.354 e. The van der Waals surface area contributed by atoms with Crippen molar-refractivity contribution in [2.75, 3.05) is 33.4 Å². The molecule has 1 aromatic carbocycles. The van der Waals surface area contributed by atoms with Gasteiger partial charge in [0.15, 0.2) is 5.96 Å². The molecule has 0 unspecified atom stereocenters. The van der Waals surface area contributed by atoms with Crippen LogP contribution in [0, 0.1) is 5.92 Å². The highest BCUT2D eigenvalue weighted by molar-refractivity contribution is 7.98. The summed E-state index contributed by atoms with van der Waals surface area (Å²) in [5.74, 6) is 1.27. The average Bonchev–Trinajstić information content (AvgIpc) is 2.69. The first-order valence-electron chi connectivity index (χ1n) is 9.46. The summed E-state index contributed by atoms with van der Waals surface area (Å²) >= 11 is 1.75. The van der Waals surface area contributed by atoms with Gasteiger partial charge in [0.05, 0.1) is 0 Å². The Kier molecular flexibility index (Phi) is 8.81. The highest BCUT2D eigenvalue weighted by atomic mass is 32.2. The molecular weight excluding hydrogens is 344 g/mol. The molecule has 0 aliphatic heterocycles. The minimum Gasteiger partial charge on any atom is -0.354 e. The lowest BCUT2D eigenvalue weighted by Crippen LogP contribution is -2.43. The lowest BCUT2D eigenvalue weighted by Gasteiger charge is -2.23. The van der Waals surface area contributed by atoms with Crippen LogP contribution in [-0.2, 0) is 11.3 Å². The molecular formula is C20H32N4OS. The van der Waals surface area contributed by atoms with Crippen LogP contribution in [0.3, 0.4) is 0 Å². The number of rotatable bonds is 7. The van der Waals surface area contributed by atoms with Crippen molar-refractivity contribution in [2.45, 2.75) is 43.5 Å². The number of thioether (sulfide) groups is 1. The molecule has 0 heterocycles. The summed E-state index contributed by atoms with van der Waals surface area (Å²) in [4.78, 5) is 19.9. The number of amides is 1. The Hall–Kier alpha value is -1.69. The molecule has 1 fully saturated rings. The van der Waals surface area contributed by atoms with Gasteiger partial charge in [0.2, 0.25) is 5.91 Å². The van der Waals surface area contributed by atoms with Crippen LogP contribution in [0.5, 0.6) is 0 Å². The van der Waals surface area contributed by atoms with Gasteiger partial charge in [-0.15, -0.1) is 11.8 Å². The maximum Gasteiger partial charge on any atom is 0.223 e. The van der Waals surface area contributed by atoms with Gasteiger partial charge < -0.3 is 15.5 Å². The first-order valence-corrected chi connectivity index (χ1v) is 10.7. The van der Waals surface area contributed by atoms with E-state index in [0.29, 0.717) is 13.1 Å². The second-order valence-corrected chi connectivity index (χ2v) is 7.68. The third-order valence-corrected chi connectivity index (χ3v) is 5.58. The lowest BCUT2D eigenvalue weighted by atomic mass is 9.89. The van der Waals surface area contributed by atoms with Crippen LogP contribution in [0.4, 0.5) is 0 Å². The molecule has 0 radical (unpaired) electrons. The molecule has 1 saturated carbocycles. The molecule has 144 valence electrons.